The van der Waals surface area contributed by atoms with Gasteiger partial charge in [-0.1, -0.05) is 25.3 Å². The molecule has 120 valence electrons. The van der Waals surface area contributed by atoms with Crippen molar-refractivity contribution in [1.29, 1.82) is 0 Å². The lowest BCUT2D eigenvalue weighted by atomic mass is 9.81. The Bertz CT molecular complexity index is 564. The summed E-state index contributed by atoms with van der Waals surface area (Å²) >= 11 is 1.87. The topological polar surface area (TPSA) is 46.5 Å². The van der Waals surface area contributed by atoms with Crippen LogP contribution in [-0.4, -0.2) is 23.4 Å². The number of phenols is 1. The molecule has 1 aromatic rings. The summed E-state index contributed by atoms with van der Waals surface area (Å²) in [6.07, 6.45) is 7.33. The number of esters is 1. The molecule has 4 heteroatoms. The Kier molecular flexibility index (Phi) is 4.67. The van der Waals surface area contributed by atoms with E-state index in [0.717, 1.165) is 22.4 Å². The van der Waals surface area contributed by atoms with Crippen molar-refractivity contribution < 1.29 is 14.6 Å². The third kappa shape index (κ3) is 2.85. The molecule has 0 radical (unpaired) electrons. The molecule has 1 fully saturated rings. The molecule has 1 N–H and O–H groups in total. The quantitative estimate of drug-likeness (QED) is 0.820. The molecule has 0 aromatic heterocycles. The number of thioether (sulfide) groups is 1. The van der Waals surface area contributed by atoms with Gasteiger partial charge in [-0.3, -0.25) is 4.79 Å². The maximum Gasteiger partial charge on any atom is 0.313 e. The predicted octanol–water partition coefficient (Wildman–Crippen LogP) is 4.40. The van der Waals surface area contributed by atoms with E-state index >= 15 is 0 Å². The van der Waals surface area contributed by atoms with Gasteiger partial charge < -0.3 is 9.84 Å². The Morgan fingerprint density at radius 3 is 2.68 bits per heavy atom. The second kappa shape index (κ2) is 6.53. The lowest BCUT2D eigenvalue weighted by Gasteiger charge is -2.37. The van der Waals surface area contributed by atoms with Crippen molar-refractivity contribution in [2.24, 2.45) is 5.92 Å². The van der Waals surface area contributed by atoms with Crippen molar-refractivity contribution in [3.05, 3.63) is 23.3 Å². The van der Waals surface area contributed by atoms with Gasteiger partial charge in [0.1, 0.15) is 5.75 Å². The number of fused-ring (bicyclic) bond motifs is 1. The molecule has 3 rings (SSSR count). The fourth-order valence-corrected chi connectivity index (χ4v) is 5.54. The zero-order chi connectivity index (χ0) is 15.7. The van der Waals surface area contributed by atoms with E-state index in [1.165, 1.54) is 39.2 Å². The molecule has 2 atom stereocenters. The van der Waals surface area contributed by atoms with Gasteiger partial charge in [0.2, 0.25) is 0 Å². The smallest absolute Gasteiger partial charge is 0.313 e. The molecule has 1 saturated carbocycles. The number of rotatable bonds is 2. The highest BCUT2D eigenvalue weighted by atomic mass is 32.2. The number of methoxy groups -OCH3 is 1. The molecular formula is C18H24O3S. The van der Waals surface area contributed by atoms with Gasteiger partial charge in [0.15, 0.2) is 0 Å². The largest absolute Gasteiger partial charge is 0.508 e. The van der Waals surface area contributed by atoms with E-state index in [2.05, 4.69) is 0 Å². The molecule has 0 spiro atoms. The van der Waals surface area contributed by atoms with Crippen LogP contribution in [0, 0.1) is 12.8 Å². The third-order valence-corrected chi connectivity index (χ3v) is 6.84. The first kappa shape index (κ1) is 15.7. The molecule has 2 aliphatic rings. The summed E-state index contributed by atoms with van der Waals surface area (Å²) in [4.78, 5) is 13.4. The molecule has 1 aliphatic heterocycles. The van der Waals surface area contributed by atoms with Crippen LogP contribution in [0.25, 0.3) is 0 Å². The van der Waals surface area contributed by atoms with Gasteiger partial charge in [-0.15, -0.1) is 11.8 Å². The molecular weight excluding hydrogens is 296 g/mol. The average Bonchev–Trinajstić information content (AvgIpc) is 2.57. The Morgan fingerprint density at radius 2 is 2.00 bits per heavy atom. The maximum absolute atomic E-state index is 12.3. The first-order valence-electron chi connectivity index (χ1n) is 8.18. The maximum atomic E-state index is 12.3. The summed E-state index contributed by atoms with van der Waals surface area (Å²) in [6, 6.07) is 3.59. The van der Waals surface area contributed by atoms with Crippen LogP contribution in [0.4, 0.5) is 0 Å². The van der Waals surface area contributed by atoms with Crippen LogP contribution in [0.2, 0.25) is 0 Å². The van der Waals surface area contributed by atoms with E-state index in [9.17, 15) is 9.90 Å². The Morgan fingerprint density at radius 1 is 1.27 bits per heavy atom. The monoisotopic (exact) mass is 320 g/mol. The number of ether oxygens (including phenoxy) is 1. The number of phenolic OH excluding ortho intramolecular Hbond substituents is 1. The minimum Gasteiger partial charge on any atom is -0.508 e. The molecule has 0 bridgehead atoms. The number of benzene rings is 1. The number of carbonyl (C=O) groups is 1. The second-order valence-corrected chi connectivity index (χ2v) is 7.74. The van der Waals surface area contributed by atoms with Crippen LogP contribution < -0.4 is 0 Å². The fraction of sp³-hybridized carbons (Fsp3) is 0.611. The van der Waals surface area contributed by atoms with Crippen molar-refractivity contribution in [1.82, 2.24) is 0 Å². The van der Waals surface area contributed by atoms with Gasteiger partial charge >= 0.3 is 5.97 Å². The van der Waals surface area contributed by atoms with Gasteiger partial charge in [0.25, 0.3) is 0 Å². The van der Waals surface area contributed by atoms with E-state index in [0.29, 0.717) is 16.9 Å². The summed E-state index contributed by atoms with van der Waals surface area (Å²) in [6.45, 7) is 1.94. The molecule has 0 amide bonds. The van der Waals surface area contributed by atoms with Crippen LogP contribution in [-0.2, 0) is 9.53 Å². The molecule has 1 aromatic carbocycles. The zero-order valence-electron chi connectivity index (χ0n) is 13.3. The SMILES string of the molecule is COC(=O)C1CC(C2CCCCC2)Sc2c1ccc(O)c2C. The molecule has 1 heterocycles. The van der Waals surface area contributed by atoms with Crippen molar-refractivity contribution in [2.75, 3.05) is 7.11 Å². The Labute approximate surface area is 136 Å². The highest BCUT2D eigenvalue weighted by molar-refractivity contribution is 8.00. The van der Waals surface area contributed by atoms with Gasteiger partial charge in [0.05, 0.1) is 13.0 Å². The van der Waals surface area contributed by atoms with Gasteiger partial charge in [-0.05, 0) is 43.7 Å². The summed E-state index contributed by atoms with van der Waals surface area (Å²) in [5, 5.41) is 10.5. The summed E-state index contributed by atoms with van der Waals surface area (Å²) in [5.41, 5.74) is 1.93. The highest BCUT2D eigenvalue weighted by Crippen LogP contribution is 2.50. The third-order valence-electron chi connectivity index (χ3n) is 5.18. The molecule has 3 nitrogen and oxygen atoms in total. The van der Waals surface area contributed by atoms with Crippen molar-refractivity contribution in [3.8, 4) is 5.75 Å². The Hall–Kier alpha value is -1.16. The first-order valence-corrected chi connectivity index (χ1v) is 9.06. The fourth-order valence-electron chi connectivity index (χ4n) is 3.85. The van der Waals surface area contributed by atoms with Crippen LogP contribution in [0.5, 0.6) is 5.75 Å². The van der Waals surface area contributed by atoms with Crippen molar-refractivity contribution >= 4 is 17.7 Å². The minimum atomic E-state index is -0.188. The van der Waals surface area contributed by atoms with Crippen LogP contribution >= 0.6 is 11.8 Å². The molecule has 0 saturated heterocycles. The average molecular weight is 320 g/mol. The van der Waals surface area contributed by atoms with E-state index in [1.54, 1.807) is 6.07 Å². The minimum absolute atomic E-state index is 0.146. The molecule has 1 aliphatic carbocycles. The zero-order valence-corrected chi connectivity index (χ0v) is 14.1. The highest BCUT2D eigenvalue weighted by Gasteiger charge is 2.37. The number of hydrogen-bond donors (Lipinski definition) is 1. The normalized spacial score (nSPS) is 25.5. The van der Waals surface area contributed by atoms with Gasteiger partial charge in [-0.2, -0.15) is 0 Å². The standard InChI is InChI=1S/C18H24O3S/c1-11-15(19)9-8-13-14(18(20)21-2)10-16(22-17(11)13)12-6-4-3-5-7-12/h8-9,12,14,16,19H,3-7,10H2,1-2H3. The number of hydrogen-bond acceptors (Lipinski definition) is 4. The van der Waals surface area contributed by atoms with Gasteiger partial charge in [0, 0.05) is 15.7 Å². The number of carbonyl (C=O) groups excluding carboxylic acids is 1. The van der Waals surface area contributed by atoms with Crippen LogP contribution in [0.1, 0.15) is 55.6 Å². The first-order chi connectivity index (χ1) is 10.6. The van der Waals surface area contributed by atoms with E-state index in [4.69, 9.17) is 4.74 Å². The van der Waals surface area contributed by atoms with Crippen LogP contribution in [0.3, 0.4) is 0 Å². The van der Waals surface area contributed by atoms with Crippen molar-refractivity contribution in [3.63, 3.8) is 0 Å². The lowest BCUT2D eigenvalue weighted by Crippen LogP contribution is -2.29. The summed E-state index contributed by atoms with van der Waals surface area (Å²) < 4.78 is 5.04. The van der Waals surface area contributed by atoms with Crippen molar-refractivity contribution in [2.45, 2.75) is 61.5 Å². The summed E-state index contributed by atoms with van der Waals surface area (Å²) in [5.74, 6) is 0.667. The van der Waals surface area contributed by atoms with Crippen LogP contribution in [0.15, 0.2) is 17.0 Å². The molecule has 22 heavy (non-hydrogen) atoms. The predicted molar refractivity (Wildman–Crippen MR) is 88.4 cm³/mol. The van der Waals surface area contributed by atoms with Gasteiger partial charge in [-0.25, -0.2) is 0 Å². The van der Waals surface area contributed by atoms with E-state index in [1.807, 2.05) is 24.8 Å². The summed E-state index contributed by atoms with van der Waals surface area (Å²) in [7, 11) is 1.46. The second-order valence-electron chi connectivity index (χ2n) is 6.49. The number of aromatic hydroxyl groups is 1. The molecule has 2 unspecified atom stereocenters. The lowest BCUT2D eigenvalue weighted by molar-refractivity contribution is -0.142. The van der Waals surface area contributed by atoms with E-state index in [-0.39, 0.29) is 11.9 Å². The van der Waals surface area contributed by atoms with E-state index < -0.39 is 0 Å². The Balaban J connectivity index is 1.95.